The minimum Gasteiger partial charge on any atom is -0.387 e. The molecule has 10 atom stereocenters. The number of fused-ring (bicyclic) bond motifs is 5. The van der Waals surface area contributed by atoms with Gasteiger partial charge in [0.15, 0.2) is 41.6 Å². The first-order valence-electron chi connectivity index (χ1n) is 12.7. The highest BCUT2D eigenvalue weighted by Gasteiger charge is 2.53. The summed E-state index contributed by atoms with van der Waals surface area (Å²) in [6, 6.07) is 0. The minimum atomic E-state index is -4.22. The largest absolute Gasteiger partial charge is 0.387 e. The summed E-state index contributed by atoms with van der Waals surface area (Å²) < 4.78 is 53.0. The standard InChI is InChI=1S/C20H23FN10O9P2S2/c21-9-13-8(38-19(9)30-5-28-10-15(22)24-3-26-17(10)30)2-36-42(34,44)40-14-12(32)7(1-35-41(33,43)39-13)37-20(14)31-6-29-11-16(23)25-4-27-18(11)31/h3-9,12-14,19-20,32H,1-2H2,(H,33,43)(H,34,44)(H2,22,24,26)(H2,23,25,27)/t7-,8?,9-,12-,13-,14-,19-,20-,41?,42?/m1/s1. The number of alkyl halides is 1. The number of imidazole rings is 2. The molecule has 0 spiro atoms. The van der Waals surface area contributed by atoms with Gasteiger partial charge in [-0.25, -0.2) is 34.3 Å². The van der Waals surface area contributed by atoms with Gasteiger partial charge in [-0.05, 0) is 23.6 Å². The second-order valence-corrected chi connectivity index (χ2v) is 15.5. The lowest BCUT2D eigenvalue weighted by atomic mass is 10.1. The maximum atomic E-state index is 16.0. The number of aliphatic hydroxyl groups is 1. The summed E-state index contributed by atoms with van der Waals surface area (Å²) >= 11 is 10.4. The minimum absolute atomic E-state index is 0.0682. The van der Waals surface area contributed by atoms with Crippen molar-refractivity contribution < 1.29 is 46.9 Å². The van der Waals surface area contributed by atoms with E-state index < -0.39 is 75.8 Å². The quantitative estimate of drug-likeness (QED) is 0.167. The molecular weight excluding hydrogens is 669 g/mol. The molecule has 24 heteroatoms. The number of rotatable bonds is 2. The maximum absolute atomic E-state index is 16.0. The SMILES string of the molecule is Nc1ncnc2c1ncn2[C@@H]1OC2COP(O)(=S)O[C@@H]3[C@H](O)[C@@H](COP(O)(=S)O[C@H]2[C@H]1F)O[C@H]3n1cnc2c(N)ncnc21. The van der Waals surface area contributed by atoms with Crippen molar-refractivity contribution in [2.45, 2.75) is 49.1 Å². The Labute approximate surface area is 255 Å². The molecule has 3 aliphatic rings. The Hall–Kier alpha value is -2.43. The number of nitrogens with zero attached hydrogens (tertiary/aromatic N) is 8. The Morgan fingerprint density at radius 1 is 0.773 bits per heavy atom. The maximum Gasteiger partial charge on any atom is 0.325 e. The Bertz CT molecular complexity index is 1840. The first-order valence-corrected chi connectivity index (χ1v) is 17.9. The predicted molar refractivity (Wildman–Crippen MR) is 153 cm³/mol. The summed E-state index contributed by atoms with van der Waals surface area (Å²) in [6.45, 7) is -9.52. The monoisotopic (exact) mass is 692 g/mol. The van der Waals surface area contributed by atoms with Crippen LogP contribution in [-0.2, 0) is 51.2 Å². The fraction of sp³-hybridized carbons (Fsp3) is 0.500. The molecule has 0 amide bonds. The lowest BCUT2D eigenvalue weighted by molar-refractivity contribution is -0.0602. The molecule has 0 saturated carbocycles. The molecule has 3 saturated heterocycles. The number of halogens is 1. The van der Waals surface area contributed by atoms with Crippen LogP contribution in [0.5, 0.6) is 0 Å². The van der Waals surface area contributed by atoms with Gasteiger partial charge in [-0.1, -0.05) is 0 Å². The summed E-state index contributed by atoms with van der Waals surface area (Å²) in [7, 11) is 0. The van der Waals surface area contributed by atoms with Crippen LogP contribution in [0.2, 0.25) is 0 Å². The average Bonchev–Trinajstić information content (AvgIpc) is 3.73. The number of hydrogen-bond donors (Lipinski definition) is 5. The highest BCUT2D eigenvalue weighted by Crippen LogP contribution is 2.54. The van der Waals surface area contributed by atoms with Crippen LogP contribution in [0.25, 0.3) is 22.3 Å². The molecule has 3 fully saturated rings. The van der Waals surface area contributed by atoms with Crippen molar-refractivity contribution in [1.82, 2.24) is 39.0 Å². The van der Waals surface area contributed by atoms with Crippen molar-refractivity contribution in [2.24, 2.45) is 0 Å². The molecule has 3 unspecified atom stereocenters. The molecule has 0 aliphatic carbocycles. The number of aromatic nitrogens is 8. The first kappa shape index (κ1) is 30.2. The van der Waals surface area contributed by atoms with Crippen LogP contribution in [0.15, 0.2) is 25.3 Å². The lowest BCUT2D eigenvalue weighted by Crippen LogP contribution is -2.35. The van der Waals surface area contributed by atoms with Crippen LogP contribution in [0.3, 0.4) is 0 Å². The summed E-state index contributed by atoms with van der Waals surface area (Å²) in [4.78, 5) is 46.4. The van der Waals surface area contributed by atoms with Gasteiger partial charge in [-0.3, -0.25) is 18.2 Å². The van der Waals surface area contributed by atoms with E-state index in [-0.39, 0.29) is 34.0 Å². The van der Waals surface area contributed by atoms with Crippen LogP contribution in [0.4, 0.5) is 16.0 Å². The predicted octanol–water partition coefficient (Wildman–Crippen LogP) is -0.425. The van der Waals surface area contributed by atoms with E-state index >= 15 is 4.39 Å². The van der Waals surface area contributed by atoms with E-state index in [0.717, 1.165) is 0 Å². The third-order valence-corrected chi connectivity index (χ3v) is 10.3. The molecular formula is C20H23FN10O9P2S2. The van der Waals surface area contributed by atoms with Crippen LogP contribution in [-0.4, -0.2) is 104 Å². The van der Waals surface area contributed by atoms with E-state index in [2.05, 4.69) is 29.9 Å². The Morgan fingerprint density at radius 3 is 1.86 bits per heavy atom. The van der Waals surface area contributed by atoms with Gasteiger partial charge in [0.2, 0.25) is 0 Å². The smallest absolute Gasteiger partial charge is 0.325 e. The van der Waals surface area contributed by atoms with Crippen molar-refractivity contribution in [3.8, 4) is 0 Å². The van der Waals surface area contributed by atoms with Crippen molar-refractivity contribution in [3.05, 3.63) is 25.3 Å². The molecule has 7 N–H and O–H groups in total. The van der Waals surface area contributed by atoms with Gasteiger partial charge in [0.1, 0.15) is 54.2 Å². The average molecular weight is 693 g/mol. The highest BCUT2D eigenvalue weighted by molar-refractivity contribution is 8.07. The molecule has 0 radical (unpaired) electrons. The molecule has 236 valence electrons. The van der Waals surface area contributed by atoms with Gasteiger partial charge in [0.05, 0.1) is 25.9 Å². The van der Waals surface area contributed by atoms with Crippen molar-refractivity contribution in [1.29, 1.82) is 0 Å². The lowest BCUT2D eigenvalue weighted by Gasteiger charge is -2.27. The Kier molecular flexibility index (Phi) is 7.64. The number of hydrogen-bond acceptors (Lipinski definition) is 17. The van der Waals surface area contributed by atoms with Gasteiger partial charge in [0, 0.05) is 0 Å². The van der Waals surface area contributed by atoms with E-state index in [9.17, 15) is 14.9 Å². The van der Waals surface area contributed by atoms with E-state index in [1.807, 2.05) is 0 Å². The highest BCUT2D eigenvalue weighted by atomic mass is 32.5. The molecule has 0 aromatic carbocycles. The van der Waals surface area contributed by atoms with Crippen molar-refractivity contribution in [3.63, 3.8) is 0 Å². The number of ether oxygens (including phenoxy) is 2. The zero-order valence-corrected chi connectivity index (χ0v) is 25.4. The molecule has 4 aromatic heterocycles. The third-order valence-electron chi connectivity index (χ3n) is 7.22. The molecule has 4 aromatic rings. The van der Waals surface area contributed by atoms with Gasteiger partial charge >= 0.3 is 13.4 Å². The molecule has 7 heterocycles. The molecule has 3 aliphatic heterocycles. The topological polar surface area (TPSA) is 255 Å². The second-order valence-electron chi connectivity index (χ2n) is 9.90. The van der Waals surface area contributed by atoms with E-state index in [1.54, 1.807) is 0 Å². The second kappa shape index (κ2) is 11.1. The number of anilines is 2. The Balaban J connectivity index is 1.20. The fourth-order valence-corrected chi connectivity index (χ4v) is 8.04. The van der Waals surface area contributed by atoms with Gasteiger partial charge in [0.25, 0.3) is 0 Å². The number of nitrogens with two attached hydrogens (primary N) is 2. The van der Waals surface area contributed by atoms with Crippen molar-refractivity contribution >= 4 is 71.0 Å². The zero-order chi connectivity index (χ0) is 31.0. The van der Waals surface area contributed by atoms with E-state index in [1.165, 1.54) is 34.4 Å². The Morgan fingerprint density at radius 2 is 1.27 bits per heavy atom. The number of nitrogen functional groups attached to an aromatic ring is 2. The van der Waals surface area contributed by atoms with Crippen LogP contribution < -0.4 is 11.5 Å². The van der Waals surface area contributed by atoms with Crippen molar-refractivity contribution in [2.75, 3.05) is 24.7 Å². The van der Waals surface area contributed by atoms with E-state index in [0.29, 0.717) is 0 Å². The normalized spacial score (nSPS) is 38.3. The summed E-state index contributed by atoms with van der Waals surface area (Å²) in [5, 5.41) is 11.1. The first-order chi connectivity index (χ1) is 20.9. The van der Waals surface area contributed by atoms with Gasteiger partial charge < -0.3 is 44.9 Å². The van der Waals surface area contributed by atoms with Gasteiger partial charge in [-0.15, -0.1) is 0 Å². The number of aliphatic hydroxyl groups excluding tert-OH is 1. The summed E-state index contributed by atoms with van der Waals surface area (Å²) in [6.07, 6.45) is -6.53. The van der Waals surface area contributed by atoms with Crippen LogP contribution in [0, 0.1) is 0 Å². The molecule has 2 bridgehead atoms. The zero-order valence-electron chi connectivity index (χ0n) is 22.0. The van der Waals surface area contributed by atoms with Gasteiger partial charge in [-0.2, -0.15) is 0 Å². The fourth-order valence-electron chi connectivity index (χ4n) is 5.19. The molecule has 44 heavy (non-hydrogen) atoms. The third kappa shape index (κ3) is 5.28. The van der Waals surface area contributed by atoms with Crippen LogP contribution in [0.1, 0.15) is 12.5 Å². The van der Waals surface area contributed by atoms with Crippen LogP contribution >= 0.6 is 13.4 Å². The van der Waals surface area contributed by atoms with E-state index in [4.69, 9.17) is 62.6 Å². The summed E-state index contributed by atoms with van der Waals surface area (Å²) in [5.41, 5.74) is 12.6. The molecule has 7 rings (SSSR count). The summed E-state index contributed by atoms with van der Waals surface area (Å²) in [5.74, 6) is 0.161. The molecule has 19 nitrogen and oxygen atoms in total.